The first kappa shape index (κ1) is 16.2. The molecule has 0 bridgehead atoms. The summed E-state index contributed by atoms with van der Waals surface area (Å²) in [4.78, 5) is 0.347. The topological polar surface area (TPSA) is 46.6 Å². The fourth-order valence-corrected chi connectivity index (χ4v) is 3.96. The first-order valence-electron chi connectivity index (χ1n) is 7.69. The first-order valence-corrected chi connectivity index (χ1v) is 9.13. The Morgan fingerprint density at radius 3 is 2.04 bits per heavy atom. The smallest absolute Gasteiger partial charge is 0.243 e. The zero-order valence-electron chi connectivity index (χ0n) is 13.4. The van der Waals surface area contributed by atoms with Gasteiger partial charge in [-0.1, -0.05) is 47.5 Å². The van der Waals surface area contributed by atoms with E-state index in [1.807, 2.05) is 50.2 Å². The molecule has 2 aromatic rings. The molecule has 122 valence electrons. The van der Waals surface area contributed by atoms with Gasteiger partial charge in [0.05, 0.1) is 17.6 Å². The Hall–Kier alpha value is -1.69. The molecule has 0 saturated carbocycles. The number of aryl methyl sites for hydroxylation is 2. The standard InChI is InChI=1S/C18H21NO3S/c1-14-3-7-16(8-4-14)13-22-17-11-19(12-17)23(20,21)18-9-5-15(2)6-10-18/h3-10,17H,11-13H2,1-2H3. The number of hydrogen-bond acceptors (Lipinski definition) is 3. The molecule has 0 atom stereocenters. The molecule has 1 aliphatic heterocycles. The molecule has 2 aromatic carbocycles. The number of sulfonamides is 1. The Labute approximate surface area is 137 Å². The fourth-order valence-electron chi connectivity index (χ4n) is 2.46. The molecule has 0 unspecified atom stereocenters. The van der Waals surface area contributed by atoms with Crippen LogP contribution in [0.5, 0.6) is 0 Å². The maximum Gasteiger partial charge on any atom is 0.243 e. The summed E-state index contributed by atoms with van der Waals surface area (Å²) in [5.74, 6) is 0. The van der Waals surface area contributed by atoms with Gasteiger partial charge in [0, 0.05) is 13.1 Å². The van der Waals surface area contributed by atoms with E-state index in [0.717, 1.165) is 11.1 Å². The molecule has 0 aliphatic carbocycles. The molecule has 1 fully saturated rings. The van der Waals surface area contributed by atoms with E-state index in [2.05, 4.69) is 0 Å². The van der Waals surface area contributed by atoms with Gasteiger partial charge in [0.25, 0.3) is 0 Å². The van der Waals surface area contributed by atoms with Gasteiger partial charge < -0.3 is 4.74 Å². The average molecular weight is 331 g/mol. The molecule has 23 heavy (non-hydrogen) atoms. The Kier molecular flexibility index (Phi) is 4.53. The summed E-state index contributed by atoms with van der Waals surface area (Å²) >= 11 is 0. The molecule has 3 rings (SSSR count). The lowest BCUT2D eigenvalue weighted by Gasteiger charge is -2.37. The van der Waals surface area contributed by atoms with Gasteiger partial charge in [0.15, 0.2) is 0 Å². The monoisotopic (exact) mass is 331 g/mol. The molecule has 1 aliphatic rings. The van der Waals surface area contributed by atoms with Crippen LogP contribution < -0.4 is 0 Å². The predicted molar refractivity (Wildman–Crippen MR) is 89.7 cm³/mol. The SMILES string of the molecule is Cc1ccc(COC2CN(S(=O)(=O)c3ccc(C)cc3)C2)cc1. The molecular weight excluding hydrogens is 310 g/mol. The second kappa shape index (κ2) is 6.43. The van der Waals surface area contributed by atoms with E-state index in [9.17, 15) is 8.42 Å². The zero-order valence-corrected chi connectivity index (χ0v) is 14.2. The molecule has 0 amide bonds. The Morgan fingerprint density at radius 1 is 0.957 bits per heavy atom. The van der Waals surface area contributed by atoms with E-state index in [1.165, 1.54) is 9.87 Å². The van der Waals surface area contributed by atoms with Crippen LogP contribution >= 0.6 is 0 Å². The van der Waals surface area contributed by atoms with Crippen LogP contribution in [-0.4, -0.2) is 31.9 Å². The maximum absolute atomic E-state index is 12.5. The number of hydrogen-bond donors (Lipinski definition) is 0. The van der Waals surface area contributed by atoms with Crippen LogP contribution in [0, 0.1) is 13.8 Å². The Bertz CT molecular complexity index is 761. The quantitative estimate of drug-likeness (QED) is 0.846. The van der Waals surface area contributed by atoms with Crippen LogP contribution in [0.3, 0.4) is 0 Å². The van der Waals surface area contributed by atoms with Gasteiger partial charge in [0.2, 0.25) is 10.0 Å². The molecule has 1 heterocycles. The average Bonchev–Trinajstić information content (AvgIpc) is 2.48. The highest BCUT2D eigenvalue weighted by atomic mass is 32.2. The number of nitrogens with zero attached hydrogens (tertiary/aromatic N) is 1. The van der Waals surface area contributed by atoms with Crippen LogP contribution in [-0.2, 0) is 21.4 Å². The van der Waals surface area contributed by atoms with Gasteiger partial charge >= 0.3 is 0 Å². The zero-order chi connectivity index (χ0) is 16.4. The van der Waals surface area contributed by atoms with Crippen LogP contribution in [0.1, 0.15) is 16.7 Å². The number of ether oxygens (including phenoxy) is 1. The van der Waals surface area contributed by atoms with Crippen LogP contribution in [0.2, 0.25) is 0 Å². The summed E-state index contributed by atoms with van der Waals surface area (Å²) < 4.78 is 32.2. The maximum atomic E-state index is 12.5. The van der Waals surface area contributed by atoms with Crippen molar-refractivity contribution in [2.75, 3.05) is 13.1 Å². The van der Waals surface area contributed by atoms with E-state index < -0.39 is 10.0 Å². The van der Waals surface area contributed by atoms with E-state index in [1.54, 1.807) is 12.1 Å². The Balaban J connectivity index is 1.54. The lowest BCUT2D eigenvalue weighted by Crippen LogP contribution is -2.54. The largest absolute Gasteiger partial charge is 0.371 e. The minimum absolute atomic E-state index is 0.0310. The minimum Gasteiger partial charge on any atom is -0.371 e. The predicted octanol–water partition coefficient (Wildman–Crippen LogP) is 2.89. The molecule has 4 nitrogen and oxygen atoms in total. The molecule has 0 radical (unpaired) electrons. The molecule has 0 N–H and O–H groups in total. The number of benzene rings is 2. The van der Waals surface area contributed by atoms with E-state index >= 15 is 0 Å². The molecule has 1 saturated heterocycles. The summed E-state index contributed by atoms with van der Waals surface area (Å²) in [6.07, 6.45) is -0.0310. The van der Waals surface area contributed by atoms with Crippen LogP contribution in [0.25, 0.3) is 0 Å². The van der Waals surface area contributed by atoms with Gasteiger partial charge in [-0.2, -0.15) is 4.31 Å². The highest BCUT2D eigenvalue weighted by molar-refractivity contribution is 7.89. The summed E-state index contributed by atoms with van der Waals surface area (Å²) in [7, 11) is -3.39. The lowest BCUT2D eigenvalue weighted by molar-refractivity contribution is -0.0295. The third-order valence-corrected chi connectivity index (χ3v) is 5.93. The van der Waals surface area contributed by atoms with Crippen molar-refractivity contribution in [3.63, 3.8) is 0 Å². The normalized spacial score (nSPS) is 16.3. The van der Waals surface area contributed by atoms with Crippen molar-refractivity contribution < 1.29 is 13.2 Å². The van der Waals surface area contributed by atoms with Crippen molar-refractivity contribution >= 4 is 10.0 Å². The highest BCUT2D eigenvalue weighted by Gasteiger charge is 2.37. The first-order chi connectivity index (χ1) is 10.9. The van der Waals surface area contributed by atoms with E-state index in [0.29, 0.717) is 24.6 Å². The highest BCUT2D eigenvalue weighted by Crippen LogP contribution is 2.24. The van der Waals surface area contributed by atoms with E-state index in [4.69, 9.17) is 4.74 Å². The van der Waals surface area contributed by atoms with Crippen LogP contribution in [0.4, 0.5) is 0 Å². The van der Waals surface area contributed by atoms with Crippen molar-refractivity contribution in [2.45, 2.75) is 31.5 Å². The number of rotatable bonds is 5. The van der Waals surface area contributed by atoms with Gasteiger partial charge in [-0.3, -0.25) is 0 Å². The van der Waals surface area contributed by atoms with Crippen molar-refractivity contribution in [2.24, 2.45) is 0 Å². The lowest BCUT2D eigenvalue weighted by atomic mass is 10.1. The second-order valence-corrected chi connectivity index (χ2v) is 7.99. The summed E-state index contributed by atoms with van der Waals surface area (Å²) in [6, 6.07) is 15.1. The third kappa shape index (κ3) is 3.63. The van der Waals surface area contributed by atoms with Gasteiger partial charge in [0.1, 0.15) is 0 Å². The van der Waals surface area contributed by atoms with Crippen LogP contribution in [0.15, 0.2) is 53.4 Å². The second-order valence-electron chi connectivity index (χ2n) is 6.05. The van der Waals surface area contributed by atoms with E-state index in [-0.39, 0.29) is 6.10 Å². The summed E-state index contributed by atoms with van der Waals surface area (Å²) in [5, 5.41) is 0. The minimum atomic E-state index is -3.39. The molecular formula is C18H21NO3S. The summed E-state index contributed by atoms with van der Waals surface area (Å²) in [5.41, 5.74) is 3.37. The van der Waals surface area contributed by atoms with Gasteiger partial charge in [-0.05, 0) is 31.5 Å². The molecule has 0 aromatic heterocycles. The van der Waals surface area contributed by atoms with Crippen molar-refractivity contribution in [3.05, 3.63) is 65.2 Å². The van der Waals surface area contributed by atoms with Gasteiger partial charge in [-0.25, -0.2) is 8.42 Å². The van der Waals surface area contributed by atoms with Crippen molar-refractivity contribution in [1.82, 2.24) is 4.31 Å². The Morgan fingerprint density at radius 2 is 1.48 bits per heavy atom. The fraction of sp³-hybridized carbons (Fsp3) is 0.333. The summed E-state index contributed by atoms with van der Waals surface area (Å²) in [6.45, 7) is 5.34. The van der Waals surface area contributed by atoms with Crippen molar-refractivity contribution in [1.29, 1.82) is 0 Å². The molecule has 5 heteroatoms. The van der Waals surface area contributed by atoms with Gasteiger partial charge in [-0.15, -0.1) is 0 Å². The molecule has 0 spiro atoms. The third-order valence-electron chi connectivity index (χ3n) is 4.08. The van der Waals surface area contributed by atoms with Crippen molar-refractivity contribution in [3.8, 4) is 0 Å².